The van der Waals surface area contributed by atoms with Crippen LogP contribution >= 0.6 is 23.2 Å². The minimum absolute atomic E-state index is 0.0251. The minimum atomic E-state index is -1.40. The number of aliphatic carboxylic acids is 1. The summed E-state index contributed by atoms with van der Waals surface area (Å²) in [5.74, 6) is -2.06. The summed E-state index contributed by atoms with van der Waals surface area (Å²) in [5.41, 5.74) is 5.15. The molecule has 0 spiro atoms. The number of aryl methyl sites for hydroxylation is 2. The van der Waals surface area contributed by atoms with Gasteiger partial charge in [0, 0.05) is 0 Å². The number of hydrogen-bond donors (Lipinski definition) is 5. The molecule has 0 bridgehead atoms. The molecule has 8 nitrogen and oxygen atoms in total. The van der Waals surface area contributed by atoms with Gasteiger partial charge in [0.15, 0.2) is 0 Å². The van der Waals surface area contributed by atoms with Crippen molar-refractivity contribution in [3.63, 3.8) is 0 Å². The minimum Gasteiger partial charge on any atom is -0.480 e. The zero-order chi connectivity index (χ0) is 27.5. The molecule has 0 aliphatic heterocycles. The van der Waals surface area contributed by atoms with Crippen LogP contribution < -0.4 is 21.3 Å². The molecule has 0 saturated heterocycles. The number of carbonyl (C=O) groups is 3. The molecule has 3 aromatic carbocycles. The Hall–Kier alpha value is -3.75. The zero-order valence-corrected chi connectivity index (χ0v) is 22.5. The average molecular weight is 567 g/mol. The molecule has 5 N–H and O–H groups in total. The summed E-state index contributed by atoms with van der Waals surface area (Å²) in [6.07, 6.45) is 3.43. The lowest BCUT2D eigenvalue weighted by atomic mass is 10.1. The molecule has 1 unspecified atom stereocenters. The third kappa shape index (κ3) is 5.82. The topological polar surface area (TPSA) is 120 Å². The fourth-order valence-electron chi connectivity index (χ4n) is 5.31. The number of carboxylic acid groups (broad SMARTS) is 1. The van der Waals surface area contributed by atoms with E-state index in [2.05, 4.69) is 33.4 Å². The van der Waals surface area contributed by atoms with E-state index in [1.54, 1.807) is 12.1 Å². The SMILES string of the molecule is O=C(NC[C@H](NC(=O)c1c(Cl)ccc(NC2CCc3ccccc32)c1Cl)C(=O)O)N[C@@H]1CCc2ccccc21. The van der Waals surface area contributed by atoms with Gasteiger partial charge in [0.25, 0.3) is 5.91 Å². The molecule has 3 aromatic rings. The van der Waals surface area contributed by atoms with E-state index in [9.17, 15) is 19.5 Å². The van der Waals surface area contributed by atoms with E-state index >= 15 is 0 Å². The Kier molecular flexibility index (Phi) is 7.95. The maximum Gasteiger partial charge on any atom is 0.328 e. The highest BCUT2D eigenvalue weighted by Crippen LogP contribution is 2.38. The molecule has 0 heterocycles. The number of benzene rings is 3. The van der Waals surface area contributed by atoms with Crippen molar-refractivity contribution < 1.29 is 19.5 Å². The van der Waals surface area contributed by atoms with E-state index in [4.69, 9.17) is 23.2 Å². The Morgan fingerprint density at radius 3 is 2.15 bits per heavy atom. The van der Waals surface area contributed by atoms with E-state index in [-0.39, 0.29) is 34.2 Å². The highest BCUT2D eigenvalue weighted by atomic mass is 35.5. The maximum atomic E-state index is 13.2. The Labute approximate surface area is 236 Å². The summed E-state index contributed by atoms with van der Waals surface area (Å²) >= 11 is 12.9. The van der Waals surface area contributed by atoms with Gasteiger partial charge in [-0.1, -0.05) is 71.7 Å². The lowest BCUT2D eigenvalue weighted by Crippen LogP contribution is -2.50. The van der Waals surface area contributed by atoms with Crippen molar-refractivity contribution in [3.05, 3.63) is 98.5 Å². The third-order valence-electron chi connectivity index (χ3n) is 7.29. The number of halogens is 2. The van der Waals surface area contributed by atoms with Gasteiger partial charge in [-0.2, -0.15) is 0 Å². The number of carbonyl (C=O) groups excluding carboxylic acids is 2. The van der Waals surface area contributed by atoms with Gasteiger partial charge in [-0.25, -0.2) is 9.59 Å². The van der Waals surface area contributed by atoms with Gasteiger partial charge in [0.1, 0.15) is 6.04 Å². The third-order valence-corrected chi connectivity index (χ3v) is 8.00. The van der Waals surface area contributed by atoms with Crippen LogP contribution in [0, 0.1) is 0 Å². The molecule has 2 aliphatic rings. The molecule has 0 saturated carbocycles. The number of nitrogens with one attached hydrogen (secondary N) is 4. The first-order valence-electron chi connectivity index (χ1n) is 12.8. The molecule has 2 aliphatic carbocycles. The largest absolute Gasteiger partial charge is 0.480 e. The molecule has 202 valence electrons. The van der Waals surface area contributed by atoms with E-state index in [1.165, 1.54) is 16.7 Å². The zero-order valence-electron chi connectivity index (χ0n) is 21.0. The van der Waals surface area contributed by atoms with Crippen LogP contribution in [0.5, 0.6) is 0 Å². The number of fused-ring (bicyclic) bond motifs is 2. The molecule has 39 heavy (non-hydrogen) atoms. The molecular weight excluding hydrogens is 539 g/mol. The van der Waals surface area contributed by atoms with Crippen molar-refractivity contribution in [1.82, 2.24) is 16.0 Å². The summed E-state index contributed by atoms with van der Waals surface area (Å²) in [5, 5.41) is 21.2. The van der Waals surface area contributed by atoms with Crippen LogP contribution in [-0.4, -0.2) is 35.6 Å². The molecule has 5 rings (SSSR count). The summed E-state index contributed by atoms with van der Waals surface area (Å²) in [6.45, 7) is -0.326. The standard InChI is InChI=1S/C29H28Cl2N4O4/c30-20-11-14-23(33-21-12-9-16-5-1-3-7-18(16)21)26(31)25(20)27(36)34-24(28(37)38)15-32-29(39)35-22-13-10-17-6-2-4-8-19(17)22/h1-8,11,14,21-22,24,33H,9-10,12-13,15H2,(H,34,36)(H,37,38)(H2,32,35,39)/t21?,22-,24+/m1/s1. The Morgan fingerprint density at radius 2 is 1.49 bits per heavy atom. The van der Waals surface area contributed by atoms with Gasteiger partial charge in [-0.15, -0.1) is 0 Å². The number of urea groups is 1. The summed E-state index contributed by atoms with van der Waals surface area (Å²) in [7, 11) is 0. The fourth-order valence-corrected chi connectivity index (χ4v) is 5.91. The Bertz CT molecular complexity index is 1430. The monoisotopic (exact) mass is 566 g/mol. The number of amides is 3. The highest BCUT2D eigenvalue weighted by Gasteiger charge is 2.28. The van der Waals surface area contributed by atoms with Gasteiger partial charge < -0.3 is 26.4 Å². The smallest absolute Gasteiger partial charge is 0.328 e. The van der Waals surface area contributed by atoms with E-state index in [0.717, 1.165) is 31.2 Å². The van der Waals surface area contributed by atoms with Crippen molar-refractivity contribution in [3.8, 4) is 0 Å². The molecule has 3 amide bonds. The number of anilines is 1. The van der Waals surface area contributed by atoms with Crippen molar-refractivity contribution in [2.24, 2.45) is 0 Å². The van der Waals surface area contributed by atoms with Gasteiger partial charge in [-0.3, -0.25) is 4.79 Å². The lowest BCUT2D eigenvalue weighted by molar-refractivity contribution is -0.139. The summed E-state index contributed by atoms with van der Waals surface area (Å²) in [6, 6.07) is 17.2. The van der Waals surface area contributed by atoms with Crippen LogP contribution in [0.4, 0.5) is 10.5 Å². The summed E-state index contributed by atoms with van der Waals surface area (Å²) in [4.78, 5) is 37.6. The second-order valence-corrected chi connectivity index (χ2v) is 10.5. The van der Waals surface area contributed by atoms with Crippen molar-refractivity contribution in [2.75, 3.05) is 11.9 Å². The van der Waals surface area contributed by atoms with Crippen molar-refractivity contribution in [2.45, 2.75) is 43.8 Å². The first-order chi connectivity index (χ1) is 18.8. The molecule has 0 fully saturated rings. The van der Waals surface area contributed by atoms with Crippen LogP contribution in [0.1, 0.15) is 57.5 Å². The van der Waals surface area contributed by atoms with E-state index < -0.39 is 23.9 Å². The first kappa shape index (κ1) is 26.8. The highest BCUT2D eigenvalue weighted by molar-refractivity contribution is 6.41. The van der Waals surface area contributed by atoms with Gasteiger partial charge in [-0.05, 0) is 60.1 Å². The maximum absolute atomic E-state index is 13.2. The molecule has 3 atom stereocenters. The first-order valence-corrected chi connectivity index (χ1v) is 13.6. The normalized spacial score (nSPS) is 18.0. The van der Waals surface area contributed by atoms with Gasteiger partial charge >= 0.3 is 12.0 Å². The molecule has 0 aromatic heterocycles. The molecule has 0 radical (unpaired) electrons. The number of carboxylic acids is 1. The van der Waals surface area contributed by atoms with Crippen molar-refractivity contribution >= 4 is 46.8 Å². The van der Waals surface area contributed by atoms with Crippen LogP contribution in [0.25, 0.3) is 0 Å². The van der Waals surface area contributed by atoms with Crippen LogP contribution in [0.3, 0.4) is 0 Å². The van der Waals surface area contributed by atoms with E-state index in [1.807, 2.05) is 36.4 Å². The average Bonchev–Trinajstić information content (AvgIpc) is 3.52. The molecule has 10 heteroatoms. The Morgan fingerprint density at radius 1 is 0.872 bits per heavy atom. The van der Waals surface area contributed by atoms with Gasteiger partial charge in [0.2, 0.25) is 0 Å². The second kappa shape index (κ2) is 11.6. The quantitative estimate of drug-likeness (QED) is 0.254. The van der Waals surface area contributed by atoms with E-state index in [0.29, 0.717) is 5.69 Å². The predicted octanol–water partition coefficient (Wildman–Crippen LogP) is 5.26. The predicted molar refractivity (Wildman–Crippen MR) is 151 cm³/mol. The van der Waals surface area contributed by atoms with Crippen LogP contribution in [0.2, 0.25) is 10.0 Å². The lowest BCUT2D eigenvalue weighted by Gasteiger charge is -2.20. The fraction of sp³-hybridized carbons (Fsp3) is 0.276. The van der Waals surface area contributed by atoms with Gasteiger partial charge in [0.05, 0.1) is 39.9 Å². The molecular formula is C29H28Cl2N4O4. The summed E-state index contributed by atoms with van der Waals surface area (Å²) < 4.78 is 0. The number of rotatable bonds is 8. The second-order valence-electron chi connectivity index (χ2n) is 9.73. The number of hydrogen-bond acceptors (Lipinski definition) is 4. The Balaban J connectivity index is 1.23. The van der Waals surface area contributed by atoms with Crippen LogP contribution in [0.15, 0.2) is 60.7 Å². The van der Waals surface area contributed by atoms with Crippen molar-refractivity contribution in [1.29, 1.82) is 0 Å². The van der Waals surface area contributed by atoms with Crippen LogP contribution in [-0.2, 0) is 17.6 Å².